The van der Waals surface area contributed by atoms with E-state index in [-0.39, 0.29) is 12.5 Å². The summed E-state index contributed by atoms with van der Waals surface area (Å²) in [5.41, 5.74) is 1.11. The van der Waals surface area contributed by atoms with E-state index in [0.29, 0.717) is 17.9 Å². The van der Waals surface area contributed by atoms with Crippen molar-refractivity contribution in [2.45, 2.75) is 13.1 Å². The van der Waals surface area contributed by atoms with Gasteiger partial charge < -0.3 is 19.8 Å². The molecule has 1 amide bonds. The maximum absolute atomic E-state index is 11.3. The Hall–Kier alpha value is -2.77. The zero-order chi connectivity index (χ0) is 15.2. The van der Waals surface area contributed by atoms with Gasteiger partial charge in [-0.25, -0.2) is 4.79 Å². The Morgan fingerprint density at radius 3 is 3.00 bits per heavy atom. The first-order chi connectivity index (χ1) is 10.1. The number of methoxy groups -OCH3 is 1. The summed E-state index contributed by atoms with van der Waals surface area (Å²) in [5, 5.41) is 9.65. The Labute approximate surface area is 121 Å². The van der Waals surface area contributed by atoms with Crippen molar-refractivity contribution in [2.24, 2.45) is 0 Å². The van der Waals surface area contributed by atoms with Crippen LogP contribution in [0, 0.1) is 0 Å². The number of likely N-dealkylation sites (N-methyl/N-ethyl adjacent to an activating group) is 1. The van der Waals surface area contributed by atoms with Crippen molar-refractivity contribution in [1.29, 1.82) is 0 Å². The molecule has 2 aromatic heterocycles. The quantitative estimate of drug-likeness (QED) is 0.757. The normalized spacial score (nSPS) is 10.2. The summed E-state index contributed by atoms with van der Waals surface area (Å²) in [6.45, 7) is 0.550. The highest BCUT2D eigenvalue weighted by Crippen LogP contribution is 2.12. The zero-order valence-corrected chi connectivity index (χ0v) is 11.8. The van der Waals surface area contributed by atoms with Crippen LogP contribution in [-0.2, 0) is 22.6 Å². The van der Waals surface area contributed by atoms with Gasteiger partial charge in [-0.15, -0.1) is 0 Å². The van der Waals surface area contributed by atoms with E-state index in [9.17, 15) is 9.59 Å². The fourth-order valence-corrected chi connectivity index (χ4v) is 1.65. The number of esters is 1. The van der Waals surface area contributed by atoms with E-state index in [0.717, 1.165) is 5.69 Å². The van der Waals surface area contributed by atoms with Gasteiger partial charge in [0.15, 0.2) is 0 Å². The molecule has 2 N–H and O–H groups in total. The van der Waals surface area contributed by atoms with Crippen LogP contribution < -0.4 is 10.6 Å². The Morgan fingerprint density at radius 2 is 2.29 bits per heavy atom. The van der Waals surface area contributed by atoms with E-state index in [2.05, 4.69) is 20.5 Å². The number of aromatic nitrogens is 2. The van der Waals surface area contributed by atoms with Crippen molar-refractivity contribution in [1.82, 2.24) is 15.1 Å². The first-order valence-electron chi connectivity index (χ1n) is 6.25. The number of amides is 1. The molecular formula is C13H16N4O4. The second-order valence-electron chi connectivity index (χ2n) is 4.25. The standard InChI is InChI=1S/C13H16N4O4/c1-14-12(18)7-17-6-10(4-16-17)15-5-11-3-9(8-21-11)13(19)20-2/h3-4,6,8,15H,5,7H2,1-2H3,(H,14,18). The van der Waals surface area contributed by atoms with Gasteiger partial charge in [0.2, 0.25) is 5.91 Å². The molecule has 0 aliphatic carbocycles. The van der Waals surface area contributed by atoms with Crippen molar-refractivity contribution in [3.8, 4) is 0 Å². The summed E-state index contributed by atoms with van der Waals surface area (Å²) in [6.07, 6.45) is 4.66. The fourth-order valence-electron chi connectivity index (χ4n) is 1.65. The van der Waals surface area contributed by atoms with Crippen LogP contribution in [0.5, 0.6) is 0 Å². The number of carbonyl (C=O) groups is 2. The van der Waals surface area contributed by atoms with Crippen molar-refractivity contribution >= 4 is 17.6 Å². The molecule has 8 heteroatoms. The van der Waals surface area contributed by atoms with Gasteiger partial charge in [0.25, 0.3) is 0 Å². The number of nitrogens with zero attached hydrogens (tertiary/aromatic N) is 2. The van der Waals surface area contributed by atoms with Gasteiger partial charge in [-0.05, 0) is 6.07 Å². The first-order valence-corrected chi connectivity index (χ1v) is 6.25. The van der Waals surface area contributed by atoms with Crippen molar-refractivity contribution in [3.63, 3.8) is 0 Å². The topological polar surface area (TPSA) is 98.4 Å². The molecule has 0 saturated carbocycles. The summed E-state index contributed by atoms with van der Waals surface area (Å²) in [5.74, 6) is 0.0243. The second kappa shape index (κ2) is 6.60. The Bertz CT molecular complexity index is 632. The number of nitrogens with one attached hydrogen (secondary N) is 2. The largest absolute Gasteiger partial charge is 0.467 e. The van der Waals surface area contributed by atoms with Crippen LogP contribution in [0.3, 0.4) is 0 Å². The van der Waals surface area contributed by atoms with Crippen LogP contribution in [0.4, 0.5) is 5.69 Å². The lowest BCUT2D eigenvalue weighted by atomic mass is 10.3. The van der Waals surface area contributed by atoms with E-state index in [1.807, 2.05) is 0 Å². The Balaban J connectivity index is 1.89. The van der Waals surface area contributed by atoms with Gasteiger partial charge in [-0.2, -0.15) is 5.10 Å². The second-order valence-corrected chi connectivity index (χ2v) is 4.25. The van der Waals surface area contributed by atoms with Crippen molar-refractivity contribution in [2.75, 3.05) is 19.5 Å². The summed E-state index contributed by atoms with van der Waals surface area (Å²) in [7, 11) is 2.88. The third kappa shape index (κ3) is 3.85. The Morgan fingerprint density at radius 1 is 1.48 bits per heavy atom. The van der Waals surface area contributed by atoms with E-state index in [1.165, 1.54) is 18.1 Å². The minimum atomic E-state index is -0.441. The van der Waals surface area contributed by atoms with Crippen LogP contribution in [0.15, 0.2) is 29.1 Å². The lowest BCUT2D eigenvalue weighted by molar-refractivity contribution is -0.121. The molecule has 0 unspecified atom stereocenters. The van der Waals surface area contributed by atoms with Crippen LogP contribution >= 0.6 is 0 Å². The molecule has 0 aliphatic rings. The Kier molecular flexibility index (Phi) is 4.60. The number of hydrogen-bond acceptors (Lipinski definition) is 6. The molecular weight excluding hydrogens is 276 g/mol. The van der Waals surface area contributed by atoms with Crippen molar-refractivity contribution in [3.05, 3.63) is 36.0 Å². The maximum atomic E-state index is 11.3. The van der Waals surface area contributed by atoms with Crippen LogP contribution in [0.2, 0.25) is 0 Å². The zero-order valence-electron chi connectivity index (χ0n) is 11.8. The third-order valence-electron chi connectivity index (χ3n) is 2.76. The first kappa shape index (κ1) is 14.6. The molecule has 0 bridgehead atoms. The molecule has 2 rings (SSSR count). The summed E-state index contributed by atoms with van der Waals surface area (Å²) in [4.78, 5) is 22.5. The van der Waals surface area contributed by atoms with Gasteiger partial charge in [0.05, 0.1) is 31.1 Å². The van der Waals surface area contributed by atoms with Crippen molar-refractivity contribution < 1.29 is 18.7 Å². The minimum absolute atomic E-state index is 0.126. The smallest absolute Gasteiger partial charge is 0.341 e. The molecule has 112 valence electrons. The number of carbonyl (C=O) groups excluding carboxylic acids is 2. The molecule has 0 atom stereocenters. The number of furan rings is 1. The predicted molar refractivity (Wildman–Crippen MR) is 73.7 cm³/mol. The summed E-state index contributed by atoms with van der Waals surface area (Å²) in [6, 6.07) is 1.60. The third-order valence-corrected chi connectivity index (χ3v) is 2.76. The fraction of sp³-hybridized carbons (Fsp3) is 0.308. The predicted octanol–water partition coefficient (Wildman–Crippen LogP) is 0.621. The highest BCUT2D eigenvalue weighted by atomic mass is 16.5. The maximum Gasteiger partial charge on any atom is 0.341 e. The molecule has 21 heavy (non-hydrogen) atoms. The van der Waals surface area contributed by atoms with Crippen LogP contribution in [0.1, 0.15) is 16.1 Å². The molecule has 0 fully saturated rings. The number of ether oxygens (including phenoxy) is 1. The average Bonchev–Trinajstić information content (AvgIpc) is 3.13. The molecule has 8 nitrogen and oxygen atoms in total. The van der Waals surface area contributed by atoms with Crippen LogP contribution in [-0.4, -0.2) is 35.8 Å². The van der Waals surface area contributed by atoms with Crippen LogP contribution in [0.25, 0.3) is 0 Å². The molecule has 0 aromatic carbocycles. The summed E-state index contributed by atoms with van der Waals surface area (Å²) < 4.78 is 11.4. The van der Waals surface area contributed by atoms with E-state index in [4.69, 9.17) is 4.42 Å². The molecule has 0 spiro atoms. The molecule has 0 aliphatic heterocycles. The highest BCUT2D eigenvalue weighted by molar-refractivity contribution is 5.89. The summed E-state index contributed by atoms with van der Waals surface area (Å²) >= 11 is 0. The lowest BCUT2D eigenvalue weighted by Gasteiger charge is -2.00. The highest BCUT2D eigenvalue weighted by Gasteiger charge is 2.10. The van der Waals surface area contributed by atoms with E-state index < -0.39 is 5.97 Å². The molecule has 2 aromatic rings. The SMILES string of the molecule is CNC(=O)Cn1cc(NCc2cc(C(=O)OC)co2)cn1. The molecule has 0 saturated heterocycles. The monoisotopic (exact) mass is 292 g/mol. The van der Waals surface area contributed by atoms with Gasteiger partial charge in [0.1, 0.15) is 18.6 Å². The number of rotatable bonds is 6. The van der Waals surface area contributed by atoms with Gasteiger partial charge in [-0.1, -0.05) is 0 Å². The molecule has 2 heterocycles. The van der Waals surface area contributed by atoms with E-state index >= 15 is 0 Å². The van der Waals surface area contributed by atoms with E-state index in [1.54, 1.807) is 25.5 Å². The molecule has 0 radical (unpaired) electrons. The van der Waals surface area contributed by atoms with Gasteiger partial charge in [-0.3, -0.25) is 9.48 Å². The van der Waals surface area contributed by atoms with Gasteiger partial charge in [0, 0.05) is 13.2 Å². The lowest BCUT2D eigenvalue weighted by Crippen LogP contribution is -2.23. The number of hydrogen-bond donors (Lipinski definition) is 2. The average molecular weight is 292 g/mol. The number of anilines is 1. The minimum Gasteiger partial charge on any atom is -0.467 e. The van der Waals surface area contributed by atoms with Gasteiger partial charge >= 0.3 is 5.97 Å².